The molecule has 19 heteroatoms. The van der Waals surface area contributed by atoms with Gasteiger partial charge in [-0.25, -0.2) is 9.13 Å². The van der Waals surface area contributed by atoms with Crippen LogP contribution in [0.5, 0.6) is 0 Å². The highest BCUT2D eigenvalue weighted by Gasteiger charge is 2.30. The van der Waals surface area contributed by atoms with Gasteiger partial charge in [0, 0.05) is 25.7 Å². The van der Waals surface area contributed by atoms with E-state index in [1.54, 1.807) is 0 Å². The van der Waals surface area contributed by atoms with Crippen LogP contribution in [0, 0.1) is 0 Å². The highest BCUT2D eigenvalue weighted by atomic mass is 31.2. The summed E-state index contributed by atoms with van der Waals surface area (Å²) in [7, 11) is -9.97. The Morgan fingerprint density at radius 1 is 0.290 bits per heavy atom. The van der Waals surface area contributed by atoms with Crippen LogP contribution >= 0.6 is 15.6 Å². The molecule has 0 heterocycles. The van der Waals surface area contributed by atoms with Crippen molar-refractivity contribution in [3.63, 3.8) is 0 Å². The Balaban J connectivity index is 5.41. The first kappa shape index (κ1) is 95.7. The monoisotopic (exact) mass is 1450 g/mol. The number of aliphatic hydroxyl groups excluding tert-OH is 1. The molecule has 0 aliphatic carbocycles. The first-order valence-electron chi connectivity index (χ1n) is 39.1. The number of carbonyl (C=O) groups is 4. The van der Waals surface area contributed by atoms with Crippen molar-refractivity contribution in [1.82, 2.24) is 0 Å². The van der Waals surface area contributed by atoms with E-state index in [2.05, 4.69) is 119 Å². The fourth-order valence-electron chi connectivity index (χ4n) is 10.3. The van der Waals surface area contributed by atoms with Gasteiger partial charge in [-0.1, -0.05) is 291 Å². The van der Waals surface area contributed by atoms with Crippen molar-refractivity contribution < 1.29 is 80.2 Å². The molecule has 17 nitrogen and oxygen atoms in total. The Kier molecular flexibility index (Phi) is 69.9. The fourth-order valence-corrected chi connectivity index (χ4v) is 11.9. The lowest BCUT2D eigenvalue weighted by atomic mass is 10.0. The Hall–Kier alpha value is -4.28. The third-order valence-electron chi connectivity index (χ3n) is 16.2. The van der Waals surface area contributed by atoms with Gasteiger partial charge in [-0.2, -0.15) is 0 Å². The molecular formula is C81H140O17P2. The summed E-state index contributed by atoms with van der Waals surface area (Å²) >= 11 is 0. The van der Waals surface area contributed by atoms with E-state index in [0.29, 0.717) is 32.1 Å². The van der Waals surface area contributed by atoms with Crippen LogP contribution in [0.3, 0.4) is 0 Å². The van der Waals surface area contributed by atoms with E-state index in [1.807, 2.05) is 18.2 Å². The topological polar surface area (TPSA) is 237 Å². The molecule has 0 aromatic carbocycles. The summed E-state index contributed by atoms with van der Waals surface area (Å²) in [6.07, 6.45) is 78.0. The highest BCUT2D eigenvalue weighted by molar-refractivity contribution is 7.47. The van der Waals surface area contributed by atoms with Gasteiger partial charge >= 0.3 is 39.5 Å². The van der Waals surface area contributed by atoms with Crippen LogP contribution in [-0.4, -0.2) is 96.7 Å². The molecule has 0 aromatic rings. The Morgan fingerprint density at radius 3 is 0.910 bits per heavy atom. The molecule has 0 aliphatic heterocycles. The lowest BCUT2D eigenvalue weighted by Crippen LogP contribution is -2.30. The molecule has 0 spiro atoms. The van der Waals surface area contributed by atoms with E-state index >= 15 is 0 Å². The van der Waals surface area contributed by atoms with Crippen LogP contribution in [0.15, 0.2) is 109 Å². The summed E-state index contributed by atoms with van der Waals surface area (Å²) < 4.78 is 68.4. The van der Waals surface area contributed by atoms with Crippen molar-refractivity contribution in [3.8, 4) is 0 Å². The van der Waals surface area contributed by atoms with Gasteiger partial charge in [-0.05, 0) is 116 Å². The van der Waals surface area contributed by atoms with Gasteiger partial charge < -0.3 is 33.8 Å². The maximum Gasteiger partial charge on any atom is 0.472 e. The van der Waals surface area contributed by atoms with Gasteiger partial charge in [0.1, 0.15) is 19.3 Å². The molecule has 0 aromatic heterocycles. The zero-order valence-electron chi connectivity index (χ0n) is 62.8. The zero-order valence-corrected chi connectivity index (χ0v) is 64.6. The van der Waals surface area contributed by atoms with E-state index in [0.717, 1.165) is 148 Å². The lowest BCUT2D eigenvalue weighted by Gasteiger charge is -2.21. The maximum absolute atomic E-state index is 13.1. The molecule has 100 heavy (non-hydrogen) atoms. The van der Waals surface area contributed by atoms with E-state index < -0.39 is 97.5 Å². The van der Waals surface area contributed by atoms with Gasteiger partial charge in [-0.15, -0.1) is 0 Å². The number of allylic oxidation sites excluding steroid dienone is 18. The van der Waals surface area contributed by atoms with Crippen LogP contribution in [0.2, 0.25) is 0 Å². The second-order valence-corrected chi connectivity index (χ2v) is 28.8. The molecule has 0 rings (SSSR count). The molecule has 5 atom stereocenters. The predicted octanol–water partition coefficient (Wildman–Crippen LogP) is 22.6. The minimum absolute atomic E-state index is 0.0341. The van der Waals surface area contributed by atoms with Gasteiger partial charge in [0.2, 0.25) is 0 Å². The molecule has 0 aliphatic rings. The third kappa shape index (κ3) is 72.1. The molecular weight excluding hydrogens is 1310 g/mol. The first-order valence-corrected chi connectivity index (χ1v) is 42.1. The van der Waals surface area contributed by atoms with Crippen molar-refractivity contribution in [3.05, 3.63) is 109 Å². The maximum atomic E-state index is 13.1. The number of carbonyl (C=O) groups excluding carboxylic acids is 4. The normalized spacial score (nSPS) is 14.5. The number of phosphoric acid groups is 2. The average Bonchev–Trinajstić information content (AvgIpc) is 0.946. The predicted molar refractivity (Wildman–Crippen MR) is 408 cm³/mol. The van der Waals surface area contributed by atoms with Crippen molar-refractivity contribution >= 4 is 39.5 Å². The number of rotatable bonds is 73. The number of aliphatic hydroxyl groups is 1. The van der Waals surface area contributed by atoms with Crippen LogP contribution in [0.25, 0.3) is 0 Å². The quantitative estimate of drug-likeness (QED) is 0.0169. The Morgan fingerprint density at radius 2 is 0.560 bits per heavy atom. The zero-order chi connectivity index (χ0) is 73.2. The molecule has 5 unspecified atom stereocenters. The average molecular weight is 1450 g/mol. The van der Waals surface area contributed by atoms with Crippen molar-refractivity contribution in [2.24, 2.45) is 0 Å². The molecule has 0 amide bonds. The third-order valence-corrected chi connectivity index (χ3v) is 18.1. The van der Waals surface area contributed by atoms with Gasteiger partial charge in [0.25, 0.3) is 0 Å². The standard InChI is InChI=1S/C81H140O17P2/c1-5-9-13-17-21-25-29-33-35-36-37-38-40-43-46-50-54-58-62-66-79(84)92-72-77(98-81(86)68-64-60-56-52-48-44-39-34-30-26-22-18-14-10-6-2)74-96-100(89,90)94-70-75(82)69-93-99(87,88)95-73-76(97-80(85)67-63-59-55-51-47-42-32-28-24-20-16-12-8-4)71-91-78(83)65-61-57-53-49-45-41-31-27-23-19-15-11-7-3/h9,13,15,19,21,25,27,31,33-35,37-39,43,46,54,58,75-77,82H,5-8,10-12,14,16-18,20,22-24,26,28-30,32,36,40-42,44-45,47-53,55-57,59-74H2,1-4H3,(H,87,88)(H,89,90)/b13-9-,19-15-,25-21-,31-27-,35-33-,38-37-,39-34-,46-43-,58-54-. The molecule has 3 N–H and O–H groups in total. The molecule has 0 fully saturated rings. The van der Waals surface area contributed by atoms with Gasteiger partial charge in [0.15, 0.2) is 12.2 Å². The molecule has 576 valence electrons. The number of unbranched alkanes of at least 4 members (excludes halogenated alkanes) is 29. The second kappa shape index (κ2) is 73.0. The van der Waals surface area contributed by atoms with Crippen LogP contribution in [-0.2, 0) is 65.4 Å². The minimum Gasteiger partial charge on any atom is -0.462 e. The summed E-state index contributed by atoms with van der Waals surface area (Å²) in [5.74, 6) is -2.28. The number of ether oxygens (including phenoxy) is 4. The second-order valence-electron chi connectivity index (χ2n) is 25.9. The van der Waals surface area contributed by atoms with Gasteiger partial charge in [0.05, 0.1) is 26.4 Å². The SMILES string of the molecule is CC/C=C\C/C=C\C/C=C\C/C=C\C/C=C\C/C=C\CCC(=O)OCC(COP(=O)(O)OCC(O)COP(=O)(O)OCC(COC(=O)CCCCCCC/C=C\C/C=C\CCC)OC(=O)CCCCCCCCCCCCCCC)OC(=O)CCCCCCC/C=C\CCCCCCCC. The van der Waals surface area contributed by atoms with E-state index in [4.69, 9.17) is 37.0 Å². The largest absolute Gasteiger partial charge is 0.472 e. The number of hydrogen-bond donors (Lipinski definition) is 3. The van der Waals surface area contributed by atoms with E-state index in [1.165, 1.54) is 89.9 Å². The molecule has 0 bridgehead atoms. The molecule has 0 radical (unpaired) electrons. The smallest absolute Gasteiger partial charge is 0.462 e. The summed E-state index contributed by atoms with van der Waals surface area (Å²) in [6, 6.07) is 0. The number of phosphoric ester groups is 2. The van der Waals surface area contributed by atoms with Crippen molar-refractivity contribution in [2.45, 2.75) is 341 Å². The minimum atomic E-state index is -4.99. The summed E-state index contributed by atoms with van der Waals surface area (Å²) in [6.45, 7) is 4.60. The van der Waals surface area contributed by atoms with Crippen LogP contribution in [0.1, 0.15) is 323 Å². The van der Waals surface area contributed by atoms with Crippen molar-refractivity contribution in [2.75, 3.05) is 39.6 Å². The molecule has 0 saturated carbocycles. The number of esters is 4. The van der Waals surface area contributed by atoms with Crippen LogP contribution < -0.4 is 0 Å². The summed E-state index contributed by atoms with van der Waals surface area (Å²) in [4.78, 5) is 72.9. The fraction of sp³-hybridized carbons (Fsp3) is 0.728. The first-order chi connectivity index (χ1) is 48.7. The highest BCUT2D eigenvalue weighted by Crippen LogP contribution is 2.45. The van der Waals surface area contributed by atoms with Crippen LogP contribution in [0.4, 0.5) is 0 Å². The van der Waals surface area contributed by atoms with E-state index in [9.17, 15) is 43.2 Å². The van der Waals surface area contributed by atoms with Crippen molar-refractivity contribution in [1.29, 1.82) is 0 Å². The Labute approximate surface area is 607 Å². The lowest BCUT2D eigenvalue weighted by molar-refractivity contribution is -0.161. The number of hydrogen-bond acceptors (Lipinski definition) is 15. The van der Waals surface area contributed by atoms with Gasteiger partial charge in [-0.3, -0.25) is 37.3 Å². The van der Waals surface area contributed by atoms with E-state index in [-0.39, 0.29) is 25.7 Å². The summed E-state index contributed by atoms with van der Waals surface area (Å²) in [5, 5.41) is 10.6. The Bertz CT molecular complexity index is 2320. The molecule has 0 saturated heterocycles. The summed E-state index contributed by atoms with van der Waals surface area (Å²) in [5.41, 5.74) is 0.